The number of aromatic nitrogens is 1. The molecule has 0 aliphatic heterocycles. The first-order chi connectivity index (χ1) is 10.1. The van der Waals surface area contributed by atoms with Crippen LogP contribution in [0.5, 0.6) is 0 Å². The van der Waals surface area contributed by atoms with Crippen molar-refractivity contribution in [1.82, 2.24) is 5.16 Å². The molecule has 0 spiro atoms. The maximum Gasteiger partial charge on any atom is 0.176 e. The van der Waals surface area contributed by atoms with Crippen LogP contribution in [0.2, 0.25) is 5.02 Å². The molecule has 1 aromatic heterocycles. The first-order valence-corrected chi connectivity index (χ1v) is 7.20. The quantitative estimate of drug-likeness (QED) is 0.682. The fourth-order valence-electron chi connectivity index (χ4n) is 2.06. The highest BCUT2D eigenvalue weighted by Gasteiger charge is 2.18. The van der Waals surface area contributed by atoms with E-state index in [-0.39, 0.29) is 11.6 Å². The summed E-state index contributed by atoms with van der Waals surface area (Å²) in [7, 11) is 0. The Hall–Kier alpha value is -1.85. The molecule has 1 heterocycles. The Morgan fingerprint density at radius 1 is 1.14 bits per heavy atom. The number of anilines is 1. The molecule has 2 aromatic carbocycles. The predicted octanol–water partition coefficient (Wildman–Crippen LogP) is 5.15. The van der Waals surface area contributed by atoms with E-state index in [4.69, 9.17) is 21.9 Å². The van der Waals surface area contributed by atoms with Crippen LogP contribution in [-0.4, -0.2) is 5.16 Å². The summed E-state index contributed by atoms with van der Waals surface area (Å²) < 4.78 is 19.5. The van der Waals surface area contributed by atoms with Crippen LogP contribution < -0.4 is 5.73 Å². The Bertz CT molecular complexity index is 819. The van der Waals surface area contributed by atoms with Crippen LogP contribution in [0.4, 0.5) is 10.2 Å². The average Bonchev–Trinajstić information content (AvgIpc) is 2.84. The minimum atomic E-state index is -0.354. The van der Waals surface area contributed by atoms with Crippen LogP contribution in [0.3, 0.4) is 0 Å². The van der Waals surface area contributed by atoms with Crippen molar-refractivity contribution < 1.29 is 8.91 Å². The second kappa shape index (κ2) is 5.50. The zero-order chi connectivity index (χ0) is 15.0. The molecule has 2 N–H and O–H groups in total. The molecule has 0 aliphatic rings. The summed E-state index contributed by atoms with van der Waals surface area (Å²) in [5.41, 5.74) is 7.72. The molecular weight excluding hydrogens is 359 g/mol. The summed E-state index contributed by atoms with van der Waals surface area (Å²) in [6, 6.07) is 11.4. The number of nitrogen functional groups attached to an aromatic ring is 1. The van der Waals surface area contributed by atoms with E-state index >= 15 is 0 Å². The maximum atomic E-state index is 13.4. The summed E-state index contributed by atoms with van der Waals surface area (Å²) >= 11 is 9.42. The van der Waals surface area contributed by atoms with Gasteiger partial charge >= 0.3 is 0 Å². The number of hydrogen-bond acceptors (Lipinski definition) is 3. The standard InChI is InChI=1S/C15H9BrClFN2O/c16-11-5-4-9(7-12(11)17)14-13(15(19)20-21-14)8-2-1-3-10(18)6-8/h1-7H,(H2,19,20). The van der Waals surface area contributed by atoms with E-state index in [0.29, 0.717) is 27.5 Å². The minimum Gasteiger partial charge on any atom is -0.380 e. The molecule has 0 aliphatic carbocycles. The largest absolute Gasteiger partial charge is 0.380 e. The zero-order valence-electron chi connectivity index (χ0n) is 10.6. The molecule has 0 saturated carbocycles. The second-order valence-electron chi connectivity index (χ2n) is 4.41. The van der Waals surface area contributed by atoms with Crippen LogP contribution in [0, 0.1) is 5.82 Å². The van der Waals surface area contributed by atoms with Crippen LogP contribution in [-0.2, 0) is 0 Å². The molecule has 0 bridgehead atoms. The lowest BCUT2D eigenvalue weighted by atomic mass is 10.0. The first-order valence-electron chi connectivity index (χ1n) is 6.03. The molecule has 0 unspecified atom stereocenters. The fraction of sp³-hybridized carbons (Fsp3) is 0. The van der Waals surface area contributed by atoms with Gasteiger partial charge in [0, 0.05) is 10.0 Å². The topological polar surface area (TPSA) is 52.0 Å². The number of hydrogen-bond donors (Lipinski definition) is 1. The Labute approximate surface area is 133 Å². The smallest absolute Gasteiger partial charge is 0.176 e. The van der Waals surface area contributed by atoms with Gasteiger partial charge in [-0.1, -0.05) is 28.9 Å². The number of benzene rings is 2. The molecule has 6 heteroatoms. The van der Waals surface area contributed by atoms with E-state index in [1.807, 2.05) is 6.07 Å². The highest BCUT2D eigenvalue weighted by Crippen LogP contribution is 2.38. The van der Waals surface area contributed by atoms with Crippen molar-refractivity contribution in [2.75, 3.05) is 5.73 Å². The Kier molecular flexibility index (Phi) is 3.69. The molecule has 3 aromatic rings. The van der Waals surface area contributed by atoms with Crippen molar-refractivity contribution in [3.05, 3.63) is 57.8 Å². The van der Waals surface area contributed by atoms with Crippen molar-refractivity contribution in [3.63, 3.8) is 0 Å². The lowest BCUT2D eigenvalue weighted by Gasteiger charge is -2.04. The Morgan fingerprint density at radius 2 is 1.95 bits per heavy atom. The van der Waals surface area contributed by atoms with Gasteiger partial charge < -0.3 is 10.3 Å². The lowest BCUT2D eigenvalue weighted by molar-refractivity contribution is 0.436. The van der Waals surface area contributed by atoms with E-state index in [1.165, 1.54) is 12.1 Å². The number of nitrogens with zero attached hydrogens (tertiary/aromatic N) is 1. The van der Waals surface area contributed by atoms with Crippen molar-refractivity contribution in [2.24, 2.45) is 0 Å². The van der Waals surface area contributed by atoms with Crippen LogP contribution in [0.25, 0.3) is 22.5 Å². The van der Waals surface area contributed by atoms with Gasteiger partial charge in [-0.15, -0.1) is 0 Å². The second-order valence-corrected chi connectivity index (χ2v) is 5.67. The summed E-state index contributed by atoms with van der Waals surface area (Å²) in [5, 5.41) is 4.31. The van der Waals surface area contributed by atoms with Crippen molar-refractivity contribution in [1.29, 1.82) is 0 Å². The van der Waals surface area contributed by atoms with E-state index in [1.54, 1.807) is 24.3 Å². The van der Waals surface area contributed by atoms with Gasteiger partial charge in [-0.3, -0.25) is 0 Å². The van der Waals surface area contributed by atoms with E-state index in [2.05, 4.69) is 21.1 Å². The average molecular weight is 368 g/mol. The summed E-state index contributed by atoms with van der Waals surface area (Å²) in [6.45, 7) is 0. The zero-order valence-corrected chi connectivity index (χ0v) is 13.0. The molecule has 0 fully saturated rings. The SMILES string of the molecule is Nc1noc(-c2ccc(Br)c(Cl)c2)c1-c1cccc(F)c1. The molecule has 0 radical (unpaired) electrons. The molecule has 0 saturated heterocycles. The highest BCUT2D eigenvalue weighted by atomic mass is 79.9. The normalized spacial score (nSPS) is 10.8. The number of nitrogens with two attached hydrogens (primary N) is 1. The predicted molar refractivity (Wildman–Crippen MR) is 84.5 cm³/mol. The van der Waals surface area contributed by atoms with Crippen LogP contribution in [0.15, 0.2) is 51.5 Å². The third-order valence-electron chi connectivity index (χ3n) is 3.01. The van der Waals surface area contributed by atoms with E-state index in [9.17, 15) is 4.39 Å². The Morgan fingerprint density at radius 3 is 2.67 bits per heavy atom. The van der Waals surface area contributed by atoms with Gasteiger partial charge in [-0.05, 0) is 51.8 Å². The van der Waals surface area contributed by atoms with Gasteiger partial charge in [0.25, 0.3) is 0 Å². The van der Waals surface area contributed by atoms with Gasteiger partial charge in [0.1, 0.15) is 5.82 Å². The third-order valence-corrected chi connectivity index (χ3v) is 4.25. The summed E-state index contributed by atoms with van der Waals surface area (Å²) in [6.07, 6.45) is 0. The first kappa shape index (κ1) is 14.1. The maximum absolute atomic E-state index is 13.4. The van der Waals surface area contributed by atoms with Crippen molar-refractivity contribution in [3.8, 4) is 22.5 Å². The molecule has 3 nitrogen and oxygen atoms in total. The van der Waals surface area contributed by atoms with Gasteiger partial charge in [-0.25, -0.2) is 4.39 Å². The molecular formula is C15H9BrClFN2O. The van der Waals surface area contributed by atoms with Gasteiger partial charge in [0.15, 0.2) is 11.6 Å². The van der Waals surface area contributed by atoms with Crippen molar-refractivity contribution >= 4 is 33.3 Å². The van der Waals surface area contributed by atoms with E-state index < -0.39 is 0 Å². The lowest BCUT2D eigenvalue weighted by Crippen LogP contribution is -1.89. The van der Waals surface area contributed by atoms with Crippen LogP contribution in [0.1, 0.15) is 0 Å². The highest BCUT2D eigenvalue weighted by molar-refractivity contribution is 9.10. The van der Waals surface area contributed by atoms with Gasteiger partial charge in [0.2, 0.25) is 0 Å². The van der Waals surface area contributed by atoms with Gasteiger partial charge in [0.05, 0.1) is 10.6 Å². The Balaban J connectivity index is 2.19. The molecule has 0 atom stereocenters. The fourth-order valence-corrected chi connectivity index (χ4v) is 2.49. The molecule has 0 amide bonds. The molecule has 3 rings (SSSR count). The number of rotatable bonds is 2. The monoisotopic (exact) mass is 366 g/mol. The van der Waals surface area contributed by atoms with Gasteiger partial charge in [-0.2, -0.15) is 0 Å². The van der Waals surface area contributed by atoms with Crippen molar-refractivity contribution in [2.45, 2.75) is 0 Å². The van der Waals surface area contributed by atoms with E-state index in [0.717, 1.165) is 4.47 Å². The minimum absolute atomic E-state index is 0.203. The summed E-state index contributed by atoms with van der Waals surface area (Å²) in [5.74, 6) is 0.301. The third kappa shape index (κ3) is 2.66. The van der Waals surface area contributed by atoms with Crippen LogP contribution >= 0.6 is 27.5 Å². The molecule has 21 heavy (non-hydrogen) atoms. The number of halogens is 3. The summed E-state index contributed by atoms with van der Waals surface area (Å²) in [4.78, 5) is 0. The molecule has 106 valence electrons.